The number of aryl methyl sites for hydroxylation is 1. The lowest BCUT2D eigenvalue weighted by Gasteiger charge is -2.31. The minimum Gasteiger partial charge on any atom is -0.481 e. The molecular weight excluding hydrogens is 465 g/mol. The van der Waals surface area contributed by atoms with Crippen molar-refractivity contribution in [2.45, 2.75) is 38.6 Å². The van der Waals surface area contributed by atoms with E-state index in [9.17, 15) is 33.0 Å². The summed E-state index contributed by atoms with van der Waals surface area (Å²) in [6.45, 7) is 4.96. The lowest BCUT2D eigenvalue weighted by atomic mass is 9.72. The van der Waals surface area contributed by atoms with Crippen LogP contribution in [0.25, 0.3) is 0 Å². The highest BCUT2D eigenvalue weighted by atomic mass is 32.2. The summed E-state index contributed by atoms with van der Waals surface area (Å²) in [7, 11) is 0. The zero-order valence-electron chi connectivity index (χ0n) is 18.0. The van der Waals surface area contributed by atoms with Crippen LogP contribution in [0.3, 0.4) is 0 Å². The smallest absolute Gasteiger partial charge is 0.441 e. The summed E-state index contributed by atoms with van der Waals surface area (Å²) < 4.78 is 35.0. The van der Waals surface area contributed by atoms with Gasteiger partial charge < -0.3 is 21.3 Å². The quantitative estimate of drug-likeness (QED) is 0.359. The van der Waals surface area contributed by atoms with Gasteiger partial charge in [0, 0.05) is 35.8 Å². The van der Waals surface area contributed by atoms with Gasteiger partial charge in [0.15, 0.2) is 0 Å². The van der Waals surface area contributed by atoms with Crippen LogP contribution in [0, 0.1) is 5.41 Å². The van der Waals surface area contributed by atoms with Crippen molar-refractivity contribution < 1.29 is 33.0 Å². The van der Waals surface area contributed by atoms with E-state index < -0.39 is 22.9 Å². The fourth-order valence-electron chi connectivity index (χ4n) is 3.22. The van der Waals surface area contributed by atoms with Crippen LogP contribution >= 0.6 is 23.1 Å². The zero-order chi connectivity index (χ0) is 24.4. The van der Waals surface area contributed by atoms with Crippen molar-refractivity contribution in [3.63, 3.8) is 0 Å². The largest absolute Gasteiger partial charge is 0.481 e. The summed E-state index contributed by atoms with van der Waals surface area (Å²) >= 11 is 1.53. The number of alkyl halides is 3. The highest BCUT2D eigenvalue weighted by Gasteiger charge is 2.40. The van der Waals surface area contributed by atoms with Crippen molar-refractivity contribution >= 4 is 35.0 Å². The first-order valence-electron chi connectivity index (χ1n) is 9.98. The average molecular weight is 495 g/mol. The molecule has 1 aliphatic rings. The van der Waals surface area contributed by atoms with Gasteiger partial charge in [0.25, 0.3) is 0 Å². The van der Waals surface area contributed by atoms with Gasteiger partial charge in [-0.2, -0.15) is 13.2 Å². The van der Waals surface area contributed by atoms with E-state index in [4.69, 9.17) is 5.73 Å². The molecule has 0 bridgehead atoms. The Morgan fingerprint density at radius 3 is 2.50 bits per heavy atom. The summed E-state index contributed by atoms with van der Waals surface area (Å²) in [6.07, 6.45) is 2.56. The van der Waals surface area contributed by atoms with Crippen molar-refractivity contribution in [2.75, 3.05) is 25.4 Å². The Bertz CT molecular complexity index is 824. The Balaban J connectivity index is 0.000000363. The molecule has 5 N–H and O–H groups in total. The lowest BCUT2D eigenvalue weighted by Crippen LogP contribution is -2.35. The average Bonchev–Trinajstić information content (AvgIpc) is 3.21. The Morgan fingerprint density at radius 2 is 2.03 bits per heavy atom. The third kappa shape index (κ3) is 8.97. The molecule has 1 heterocycles. The molecule has 0 saturated heterocycles. The summed E-state index contributed by atoms with van der Waals surface area (Å²) in [6, 6.07) is 3.69. The van der Waals surface area contributed by atoms with Gasteiger partial charge in [0.1, 0.15) is 0 Å². The number of rotatable bonds is 10. The Hall–Kier alpha value is -1.82. The van der Waals surface area contributed by atoms with Crippen LogP contribution in [-0.2, 0) is 16.0 Å². The van der Waals surface area contributed by atoms with Crippen molar-refractivity contribution in [3.05, 3.63) is 45.2 Å². The number of carbonyl (C=O) groups is 2. The van der Waals surface area contributed by atoms with Gasteiger partial charge in [-0.3, -0.25) is 4.79 Å². The van der Waals surface area contributed by atoms with Crippen molar-refractivity contribution in [2.24, 2.45) is 11.1 Å². The molecule has 0 saturated carbocycles. The van der Waals surface area contributed by atoms with Crippen LogP contribution < -0.4 is 11.1 Å². The van der Waals surface area contributed by atoms with Crippen molar-refractivity contribution in [1.82, 2.24) is 5.32 Å². The highest BCUT2D eigenvalue weighted by molar-refractivity contribution is 8.00. The SMILES string of the molecule is CCC1(C(=O)O)C=C(C)C(CNCCN)=C(C(=O)O)C1.FC(F)(F)SCCc1cccs1. The lowest BCUT2D eigenvalue weighted by molar-refractivity contribution is -0.146. The van der Waals surface area contributed by atoms with Gasteiger partial charge in [-0.05, 0) is 48.8 Å². The molecule has 1 aromatic rings. The van der Waals surface area contributed by atoms with Crippen LogP contribution in [0.1, 0.15) is 31.6 Å². The van der Waals surface area contributed by atoms with E-state index >= 15 is 0 Å². The number of nitrogens with two attached hydrogens (primary N) is 1. The van der Waals surface area contributed by atoms with Gasteiger partial charge in [-0.1, -0.05) is 30.8 Å². The minimum atomic E-state index is -4.09. The fourth-order valence-corrected chi connectivity index (χ4v) is 4.61. The first-order valence-corrected chi connectivity index (χ1v) is 11.8. The Labute approximate surface area is 193 Å². The van der Waals surface area contributed by atoms with Crippen LogP contribution in [0.15, 0.2) is 40.3 Å². The van der Waals surface area contributed by atoms with Crippen molar-refractivity contribution in [1.29, 1.82) is 0 Å². The predicted molar refractivity (Wildman–Crippen MR) is 122 cm³/mol. The van der Waals surface area contributed by atoms with E-state index in [1.165, 1.54) is 11.3 Å². The number of halogens is 3. The molecule has 6 nitrogen and oxygen atoms in total. The van der Waals surface area contributed by atoms with Crippen LogP contribution in [-0.4, -0.2) is 53.0 Å². The number of hydrogen-bond acceptors (Lipinski definition) is 6. The number of carboxylic acids is 2. The molecule has 180 valence electrons. The minimum absolute atomic E-state index is 0.0190. The second kappa shape index (κ2) is 13.0. The topological polar surface area (TPSA) is 113 Å². The Kier molecular flexibility index (Phi) is 11.5. The van der Waals surface area contributed by atoms with Gasteiger partial charge in [-0.25, -0.2) is 4.79 Å². The van der Waals surface area contributed by atoms with Crippen LogP contribution in [0.5, 0.6) is 0 Å². The highest BCUT2D eigenvalue weighted by Crippen LogP contribution is 2.40. The molecule has 1 unspecified atom stereocenters. The normalized spacial score (nSPS) is 18.6. The van der Waals surface area contributed by atoms with Crippen LogP contribution in [0.2, 0.25) is 0 Å². The molecule has 0 aliphatic heterocycles. The molecular formula is C21H29F3N2O4S2. The van der Waals surface area contributed by atoms with E-state index in [2.05, 4.69) is 5.32 Å². The van der Waals surface area contributed by atoms with E-state index in [1.54, 1.807) is 19.9 Å². The summed E-state index contributed by atoms with van der Waals surface area (Å²) in [5, 5.41) is 23.7. The molecule has 0 aromatic carbocycles. The van der Waals surface area contributed by atoms with Crippen molar-refractivity contribution in [3.8, 4) is 0 Å². The molecule has 1 aromatic heterocycles. The second-order valence-electron chi connectivity index (χ2n) is 7.17. The van der Waals surface area contributed by atoms with E-state index in [-0.39, 0.29) is 29.5 Å². The standard InChI is InChI=1S/C14H22N2O4.C7H7F3S2/c1-3-14(13(19)20)6-9(2)11(8-16-5-4-15)10(7-14)12(17)18;8-7(9,10)12-5-3-6-2-1-4-11-6/h6,16H,3-5,7-8,15H2,1-2H3,(H,17,18)(H,19,20);1-2,4H,3,5H2. The maximum Gasteiger partial charge on any atom is 0.441 e. The molecule has 0 spiro atoms. The fraction of sp³-hybridized carbons (Fsp3) is 0.524. The molecule has 1 aliphatic carbocycles. The number of carboxylic acid groups (broad SMARTS) is 2. The second-order valence-corrected chi connectivity index (χ2v) is 9.36. The van der Waals surface area contributed by atoms with Gasteiger partial charge in [0.2, 0.25) is 0 Å². The summed E-state index contributed by atoms with van der Waals surface area (Å²) in [5.74, 6) is -1.92. The first kappa shape index (κ1) is 28.2. The van der Waals surface area contributed by atoms with E-state index in [0.29, 0.717) is 43.6 Å². The number of nitrogens with one attached hydrogen (secondary N) is 1. The zero-order valence-corrected chi connectivity index (χ0v) is 19.6. The Morgan fingerprint density at radius 1 is 1.34 bits per heavy atom. The number of aliphatic carboxylic acids is 2. The number of hydrogen-bond donors (Lipinski definition) is 4. The molecule has 1 atom stereocenters. The maximum absolute atomic E-state index is 11.7. The first-order chi connectivity index (χ1) is 15.0. The molecule has 11 heteroatoms. The van der Waals surface area contributed by atoms with Gasteiger partial charge >= 0.3 is 17.4 Å². The molecule has 0 amide bonds. The molecule has 32 heavy (non-hydrogen) atoms. The van der Waals surface area contributed by atoms with E-state index in [1.807, 2.05) is 17.5 Å². The molecule has 0 fully saturated rings. The van der Waals surface area contributed by atoms with Crippen LogP contribution in [0.4, 0.5) is 13.2 Å². The summed E-state index contributed by atoms with van der Waals surface area (Å²) in [5.41, 5.74) is 1.74. The summed E-state index contributed by atoms with van der Waals surface area (Å²) in [4.78, 5) is 23.9. The molecule has 0 radical (unpaired) electrons. The molecule has 2 rings (SSSR count). The monoisotopic (exact) mass is 494 g/mol. The third-order valence-corrected chi connectivity index (χ3v) is 6.63. The van der Waals surface area contributed by atoms with Gasteiger partial charge in [0.05, 0.1) is 5.41 Å². The number of thiophene rings is 1. The maximum atomic E-state index is 11.7. The predicted octanol–water partition coefficient (Wildman–Crippen LogP) is 4.29. The van der Waals surface area contributed by atoms with E-state index in [0.717, 1.165) is 4.88 Å². The number of thioether (sulfide) groups is 1. The van der Waals surface area contributed by atoms with Gasteiger partial charge in [-0.15, -0.1) is 11.3 Å². The third-order valence-electron chi connectivity index (χ3n) is 4.96.